The number of hydrogen-bond acceptors (Lipinski definition) is 5. The normalized spacial score (nSPS) is 26.2. The van der Waals surface area contributed by atoms with E-state index < -0.39 is 17.8 Å². The van der Waals surface area contributed by atoms with E-state index >= 15 is 0 Å². The van der Waals surface area contributed by atoms with Crippen molar-refractivity contribution in [1.29, 1.82) is 5.26 Å². The van der Waals surface area contributed by atoms with E-state index in [1.165, 1.54) is 6.42 Å². The number of ether oxygens (including phenoxy) is 1. The summed E-state index contributed by atoms with van der Waals surface area (Å²) in [6.45, 7) is 4.39. The molecule has 2 aliphatic rings. The van der Waals surface area contributed by atoms with Crippen molar-refractivity contribution in [2.75, 3.05) is 18.5 Å². The van der Waals surface area contributed by atoms with Gasteiger partial charge < -0.3 is 15.0 Å². The van der Waals surface area contributed by atoms with Crippen LogP contribution >= 0.6 is 0 Å². The fourth-order valence-corrected chi connectivity index (χ4v) is 4.45. The minimum Gasteiger partial charge on any atom is -0.455 e. The van der Waals surface area contributed by atoms with Gasteiger partial charge in [-0.3, -0.25) is 14.4 Å². The summed E-state index contributed by atoms with van der Waals surface area (Å²) >= 11 is 0. The van der Waals surface area contributed by atoms with Crippen LogP contribution in [0.2, 0.25) is 0 Å². The Kier molecular flexibility index (Phi) is 7.09. The first-order chi connectivity index (χ1) is 14.4. The third kappa shape index (κ3) is 5.18. The Balaban J connectivity index is 1.47. The second kappa shape index (κ2) is 9.75. The van der Waals surface area contributed by atoms with E-state index in [0.29, 0.717) is 30.5 Å². The molecule has 2 amide bonds. The molecular weight excluding hydrogens is 382 g/mol. The van der Waals surface area contributed by atoms with Crippen molar-refractivity contribution in [2.45, 2.75) is 52.0 Å². The third-order valence-electron chi connectivity index (χ3n) is 6.42. The number of anilines is 1. The lowest BCUT2D eigenvalue weighted by Gasteiger charge is -2.39. The van der Waals surface area contributed by atoms with E-state index in [9.17, 15) is 14.4 Å². The van der Waals surface area contributed by atoms with Gasteiger partial charge in [0.05, 0.1) is 18.4 Å². The van der Waals surface area contributed by atoms with Crippen LogP contribution in [0.1, 0.15) is 45.1 Å². The number of esters is 1. The molecule has 1 heterocycles. The topological polar surface area (TPSA) is 99.5 Å². The Morgan fingerprint density at radius 2 is 1.97 bits per heavy atom. The molecule has 1 saturated heterocycles. The summed E-state index contributed by atoms with van der Waals surface area (Å²) in [6, 6.07) is 9.17. The number of nitrogens with zero attached hydrogens (tertiary/aromatic N) is 2. The third-order valence-corrected chi connectivity index (χ3v) is 6.42. The van der Waals surface area contributed by atoms with Gasteiger partial charge in [-0.15, -0.1) is 0 Å². The highest BCUT2D eigenvalue weighted by Gasteiger charge is 2.42. The number of hydrogen-bond donors (Lipinski definition) is 1. The van der Waals surface area contributed by atoms with E-state index in [0.717, 1.165) is 18.4 Å². The minimum atomic E-state index is -0.514. The van der Waals surface area contributed by atoms with Crippen LogP contribution in [0.5, 0.6) is 0 Å². The monoisotopic (exact) mass is 411 g/mol. The molecule has 0 unspecified atom stereocenters. The van der Waals surface area contributed by atoms with Crippen molar-refractivity contribution < 1.29 is 19.1 Å². The van der Waals surface area contributed by atoms with Crippen LogP contribution in [-0.2, 0) is 25.5 Å². The summed E-state index contributed by atoms with van der Waals surface area (Å²) in [5.41, 5.74) is 1.43. The SMILES string of the molecule is C[C@@H]1[C@H](C)CCC[C@H]1N1C[C@H](C(=O)OCC(=O)Nc2ccc(CC#N)cc2)CC1=O. The molecule has 1 aromatic carbocycles. The Bertz CT molecular complexity index is 830. The lowest BCUT2D eigenvalue weighted by atomic mass is 9.77. The van der Waals surface area contributed by atoms with Crippen molar-refractivity contribution in [3.8, 4) is 6.07 Å². The van der Waals surface area contributed by atoms with Crippen LogP contribution in [0.3, 0.4) is 0 Å². The first kappa shape index (κ1) is 21.8. The van der Waals surface area contributed by atoms with Crippen molar-refractivity contribution in [3.63, 3.8) is 0 Å². The molecule has 30 heavy (non-hydrogen) atoms. The molecule has 2 fully saturated rings. The molecule has 0 aromatic heterocycles. The second-order valence-electron chi connectivity index (χ2n) is 8.47. The average Bonchev–Trinajstić information content (AvgIpc) is 3.11. The first-order valence-electron chi connectivity index (χ1n) is 10.6. The Hall–Kier alpha value is -2.88. The molecule has 0 spiro atoms. The summed E-state index contributed by atoms with van der Waals surface area (Å²) in [5.74, 6) is -0.456. The fourth-order valence-electron chi connectivity index (χ4n) is 4.45. The van der Waals surface area contributed by atoms with Gasteiger partial charge in [0, 0.05) is 24.7 Å². The summed E-state index contributed by atoms with van der Waals surface area (Å²) in [7, 11) is 0. The second-order valence-corrected chi connectivity index (χ2v) is 8.47. The number of amides is 2. The predicted octanol–water partition coefficient (Wildman–Crippen LogP) is 2.91. The van der Waals surface area contributed by atoms with E-state index in [1.54, 1.807) is 24.3 Å². The van der Waals surface area contributed by atoms with Crippen LogP contribution < -0.4 is 5.32 Å². The van der Waals surface area contributed by atoms with Gasteiger partial charge in [0.2, 0.25) is 5.91 Å². The molecule has 160 valence electrons. The summed E-state index contributed by atoms with van der Waals surface area (Å²) in [5, 5.41) is 11.3. The molecule has 1 aliphatic heterocycles. The van der Waals surface area contributed by atoms with Crippen molar-refractivity contribution in [1.82, 2.24) is 4.90 Å². The quantitative estimate of drug-likeness (QED) is 0.726. The van der Waals surface area contributed by atoms with Crippen LogP contribution in [0.25, 0.3) is 0 Å². The molecule has 1 aliphatic carbocycles. The fraction of sp³-hybridized carbons (Fsp3) is 0.565. The highest BCUT2D eigenvalue weighted by molar-refractivity contribution is 5.93. The van der Waals surface area contributed by atoms with Gasteiger partial charge in [-0.05, 0) is 36.0 Å². The number of carbonyl (C=O) groups excluding carboxylic acids is 3. The van der Waals surface area contributed by atoms with Gasteiger partial charge in [0.15, 0.2) is 6.61 Å². The standard InChI is InChI=1S/C23H29N3O4/c1-15-4-3-5-20(16(15)2)26-13-18(12-22(26)28)23(29)30-14-21(27)25-19-8-6-17(7-9-19)10-11-24/h6-9,15-16,18,20H,3-5,10,12-14H2,1-2H3,(H,25,27)/t15-,16-,18-,20-/m1/s1. The largest absolute Gasteiger partial charge is 0.455 e. The number of nitrogens with one attached hydrogen (secondary N) is 1. The lowest BCUT2D eigenvalue weighted by Crippen LogP contribution is -2.45. The van der Waals surface area contributed by atoms with Crippen molar-refractivity contribution >= 4 is 23.5 Å². The van der Waals surface area contributed by atoms with Gasteiger partial charge in [-0.1, -0.05) is 38.8 Å². The number of likely N-dealkylation sites (tertiary alicyclic amines) is 1. The summed E-state index contributed by atoms with van der Waals surface area (Å²) in [4.78, 5) is 38.9. The molecule has 0 radical (unpaired) electrons. The van der Waals surface area contributed by atoms with Gasteiger partial charge in [0.25, 0.3) is 5.91 Å². The maximum Gasteiger partial charge on any atom is 0.311 e. The zero-order valence-corrected chi connectivity index (χ0v) is 17.6. The Labute approximate surface area is 177 Å². The molecule has 1 N–H and O–H groups in total. The Morgan fingerprint density at radius 3 is 2.67 bits per heavy atom. The highest BCUT2D eigenvalue weighted by atomic mass is 16.5. The molecule has 7 heteroatoms. The number of rotatable bonds is 6. The van der Waals surface area contributed by atoms with Crippen molar-refractivity contribution in [2.24, 2.45) is 17.8 Å². The first-order valence-corrected chi connectivity index (χ1v) is 10.6. The van der Waals surface area contributed by atoms with Crippen molar-refractivity contribution in [3.05, 3.63) is 29.8 Å². The highest BCUT2D eigenvalue weighted by Crippen LogP contribution is 2.35. The van der Waals surface area contributed by atoms with Crippen LogP contribution in [-0.4, -0.2) is 41.9 Å². The van der Waals surface area contributed by atoms with Gasteiger partial charge in [-0.25, -0.2) is 0 Å². The average molecular weight is 412 g/mol. The van der Waals surface area contributed by atoms with E-state index in [2.05, 4.69) is 25.2 Å². The smallest absolute Gasteiger partial charge is 0.311 e. The maximum atomic E-state index is 12.5. The number of nitriles is 1. The molecule has 4 atom stereocenters. The van der Waals surface area contributed by atoms with Gasteiger partial charge in [-0.2, -0.15) is 5.26 Å². The summed E-state index contributed by atoms with van der Waals surface area (Å²) in [6.07, 6.45) is 3.72. The molecule has 0 bridgehead atoms. The number of benzene rings is 1. The maximum absolute atomic E-state index is 12.5. The minimum absolute atomic E-state index is 0.00445. The molecular formula is C23H29N3O4. The zero-order chi connectivity index (χ0) is 21.7. The van der Waals surface area contributed by atoms with Crippen LogP contribution in [0.15, 0.2) is 24.3 Å². The molecule has 7 nitrogen and oxygen atoms in total. The summed E-state index contributed by atoms with van der Waals surface area (Å²) < 4.78 is 5.18. The molecule has 3 rings (SSSR count). The molecule has 1 saturated carbocycles. The van der Waals surface area contributed by atoms with E-state index in [-0.39, 0.29) is 25.0 Å². The van der Waals surface area contributed by atoms with E-state index in [1.807, 2.05) is 4.90 Å². The lowest BCUT2D eigenvalue weighted by molar-refractivity contribution is -0.151. The van der Waals surface area contributed by atoms with E-state index in [4.69, 9.17) is 10.00 Å². The zero-order valence-electron chi connectivity index (χ0n) is 17.6. The number of carbonyl (C=O) groups is 3. The predicted molar refractivity (Wildman–Crippen MR) is 111 cm³/mol. The van der Waals surface area contributed by atoms with Crippen LogP contribution in [0.4, 0.5) is 5.69 Å². The van der Waals surface area contributed by atoms with Gasteiger partial charge in [0.1, 0.15) is 0 Å². The molecule has 1 aromatic rings. The Morgan fingerprint density at radius 1 is 1.23 bits per heavy atom. The van der Waals surface area contributed by atoms with Crippen LogP contribution in [0, 0.1) is 29.1 Å². The van der Waals surface area contributed by atoms with Gasteiger partial charge >= 0.3 is 5.97 Å².